The van der Waals surface area contributed by atoms with E-state index in [1.54, 1.807) is 26.4 Å². The minimum absolute atomic E-state index is 0.122. The van der Waals surface area contributed by atoms with Gasteiger partial charge in [0.25, 0.3) is 5.91 Å². The van der Waals surface area contributed by atoms with E-state index in [1.807, 2.05) is 37.3 Å². The fraction of sp³-hybridized carbons (Fsp3) is 0.190. The lowest BCUT2D eigenvalue weighted by Gasteiger charge is -2.13. The number of benzene rings is 1. The maximum Gasteiger partial charge on any atom is 0.272 e. The van der Waals surface area contributed by atoms with Crippen LogP contribution in [-0.2, 0) is 6.42 Å². The van der Waals surface area contributed by atoms with E-state index in [4.69, 9.17) is 17.3 Å². The molecule has 0 aliphatic rings. The summed E-state index contributed by atoms with van der Waals surface area (Å²) in [6.45, 7) is 2.02. The molecular weight excluding hydrogens is 388 g/mol. The highest BCUT2D eigenvalue weighted by atomic mass is 35.5. The van der Waals surface area contributed by atoms with Crippen LogP contribution in [0.5, 0.6) is 0 Å². The molecule has 4 rings (SSSR count). The zero-order chi connectivity index (χ0) is 21.0. The largest absolute Gasteiger partial charge is 0.382 e. The number of nitrogens with two attached hydrogens (primary N) is 1. The molecule has 29 heavy (non-hydrogen) atoms. The Hall–Kier alpha value is -3.32. The highest BCUT2D eigenvalue weighted by Gasteiger charge is 2.17. The first-order chi connectivity index (χ1) is 13.9. The number of hydrogen-bond donors (Lipinski definition) is 1. The molecule has 0 saturated carbocycles. The highest BCUT2D eigenvalue weighted by molar-refractivity contribution is 6.36. The fourth-order valence-corrected chi connectivity index (χ4v) is 3.05. The summed E-state index contributed by atoms with van der Waals surface area (Å²) in [4.78, 5) is 30.0. The molecule has 7 nitrogen and oxygen atoms in total. The van der Waals surface area contributed by atoms with Crippen molar-refractivity contribution in [1.29, 1.82) is 0 Å². The summed E-state index contributed by atoms with van der Waals surface area (Å²) in [6, 6.07) is 11.3. The van der Waals surface area contributed by atoms with Gasteiger partial charge in [0.1, 0.15) is 17.5 Å². The number of carbonyl (C=O) groups is 1. The first-order valence-corrected chi connectivity index (χ1v) is 9.41. The molecule has 0 radical (unpaired) electrons. The lowest BCUT2D eigenvalue weighted by Crippen LogP contribution is -2.23. The molecule has 0 fully saturated rings. The van der Waals surface area contributed by atoms with Crippen molar-refractivity contribution in [2.75, 3.05) is 19.8 Å². The number of fused-ring (bicyclic) bond motifs is 2. The fourth-order valence-electron chi connectivity index (χ4n) is 2.78. The predicted molar refractivity (Wildman–Crippen MR) is 116 cm³/mol. The van der Waals surface area contributed by atoms with Crippen LogP contribution in [0.15, 0.2) is 48.9 Å². The molecule has 1 amide bonds. The number of rotatable bonds is 2. The molecule has 0 aliphatic heterocycles. The number of amides is 1. The number of anilines is 1. The summed E-state index contributed by atoms with van der Waals surface area (Å²) in [6.07, 6.45) is 3.89. The molecule has 3 heterocycles. The Kier molecular flexibility index (Phi) is 6.19. The van der Waals surface area contributed by atoms with Crippen LogP contribution >= 0.6 is 11.6 Å². The Morgan fingerprint density at radius 2 is 1.93 bits per heavy atom. The monoisotopic (exact) mass is 408 g/mol. The van der Waals surface area contributed by atoms with Gasteiger partial charge in [0.2, 0.25) is 0 Å². The van der Waals surface area contributed by atoms with Gasteiger partial charge in [-0.05, 0) is 36.1 Å². The minimum atomic E-state index is -0.122. The topological polar surface area (TPSA) is 97.9 Å². The summed E-state index contributed by atoms with van der Waals surface area (Å²) in [7, 11) is 3.43. The summed E-state index contributed by atoms with van der Waals surface area (Å²) in [5.41, 5.74) is 8.31. The van der Waals surface area contributed by atoms with Crippen molar-refractivity contribution < 1.29 is 4.79 Å². The standard InChI is InChI=1S/C14H15ClN2O.C7H6N4/c1-4-10-8-9-6-5-7-11(15)12(9)13(16-10)14(18)17(2)3;8-7-6-5(10-4-11-7)2-1-3-9-6/h5-8H,4H2,1-3H3;1-4H,(H2,8,10,11). The number of carbonyl (C=O) groups excluding carboxylic acids is 1. The number of halogens is 1. The second kappa shape index (κ2) is 8.79. The van der Waals surface area contributed by atoms with E-state index < -0.39 is 0 Å². The third-order valence-electron chi connectivity index (χ3n) is 4.25. The van der Waals surface area contributed by atoms with Crippen molar-refractivity contribution in [2.24, 2.45) is 0 Å². The summed E-state index contributed by atoms with van der Waals surface area (Å²) in [5.74, 6) is 0.305. The molecule has 148 valence electrons. The molecule has 0 unspecified atom stereocenters. The molecule has 0 aliphatic carbocycles. The van der Waals surface area contributed by atoms with Crippen molar-refractivity contribution in [2.45, 2.75) is 13.3 Å². The first-order valence-electron chi connectivity index (χ1n) is 9.03. The SMILES string of the molecule is CCc1cc2cccc(Cl)c2c(C(=O)N(C)C)n1.Nc1ncnc2cccnc12. The van der Waals surface area contributed by atoms with Crippen molar-refractivity contribution in [1.82, 2.24) is 24.8 Å². The minimum Gasteiger partial charge on any atom is -0.382 e. The van der Waals surface area contributed by atoms with Crippen LogP contribution in [0.4, 0.5) is 5.82 Å². The molecular formula is C21H21ClN6O. The Labute approximate surface area is 173 Å². The summed E-state index contributed by atoms with van der Waals surface area (Å²) >= 11 is 6.20. The van der Waals surface area contributed by atoms with Crippen molar-refractivity contribution in [3.8, 4) is 0 Å². The van der Waals surface area contributed by atoms with Gasteiger partial charge in [-0.3, -0.25) is 9.78 Å². The van der Waals surface area contributed by atoms with E-state index in [9.17, 15) is 4.79 Å². The summed E-state index contributed by atoms with van der Waals surface area (Å²) < 4.78 is 0. The van der Waals surface area contributed by atoms with Crippen molar-refractivity contribution in [3.05, 3.63) is 65.3 Å². The average Bonchev–Trinajstić information content (AvgIpc) is 2.73. The number of nitrogen functional groups attached to an aromatic ring is 1. The van der Waals surface area contributed by atoms with Crippen LogP contribution in [0.25, 0.3) is 21.8 Å². The smallest absolute Gasteiger partial charge is 0.272 e. The van der Waals surface area contributed by atoms with Crippen LogP contribution in [0.1, 0.15) is 23.1 Å². The van der Waals surface area contributed by atoms with Crippen molar-refractivity contribution >= 4 is 45.1 Å². The van der Waals surface area contributed by atoms with Crippen LogP contribution in [0, 0.1) is 0 Å². The third-order valence-corrected chi connectivity index (χ3v) is 4.57. The quantitative estimate of drug-likeness (QED) is 0.542. The zero-order valence-electron chi connectivity index (χ0n) is 16.4. The molecule has 3 aromatic heterocycles. The zero-order valence-corrected chi connectivity index (χ0v) is 17.2. The Morgan fingerprint density at radius 3 is 2.62 bits per heavy atom. The number of aryl methyl sites for hydroxylation is 1. The van der Waals surface area contributed by atoms with Gasteiger partial charge in [-0.2, -0.15) is 0 Å². The van der Waals surface area contributed by atoms with Crippen LogP contribution < -0.4 is 5.73 Å². The second-order valence-electron chi connectivity index (χ2n) is 6.48. The maximum absolute atomic E-state index is 12.2. The van der Waals surface area contributed by atoms with Gasteiger partial charge in [-0.1, -0.05) is 30.7 Å². The molecule has 0 atom stereocenters. The van der Waals surface area contributed by atoms with Gasteiger partial charge in [-0.25, -0.2) is 15.0 Å². The Morgan fingerprint density at radius 1 is 1.14 bits per heavy atom. The number of aromatic nitrogens is 4. The van der Waals surface area contributed by atoms with Crippen molar-refractivity contribution in [3.63, 3.8) is 0 Å². The van der Waals surface area contributed by atoms with Crippen LogP contribution in [0.3, 0.4) is 0 Å². The number of pyridine rings is 2. The van der Waals surface area contributed by atoms with Gasteiger partial charge in [0.15, 0.2) is 5.82 Å². The summed E-state index contributed by atoms with van der Waals surface area (Å²) in [5, 5.41) is 2.25. The van der Waals surface area contributed by atoms with Gasteiger partial charge in [0, 0.05) is 31.4 Å². The first kappa shape index (κ1) is 20.4. The molecule has 2 N–H and O–H groups in total. The normalized spacial score (nSPS) is 10.5. The van der Waals surface area contributed by atoms with Gasteiger partial charge < -0.3 is 10.6 Å². The molecule has 4 aromatic rings. The van der Waals surface area contributed by atoms with E-state index in [2.05, 4.69) is 19.9 Å². The van der Waals surface area contributed by atoms with Crippen LogP contribution in [-0.4, -0.2) is 44.8 Å². The molecule has 1 aromatic carbocycles. The maximum atomic E-state index is 12.2. The van der Waals surface area contributed by atoms with Gasteiger partial charge >= 0.3 is 0 Å². The Bertz CT molecular complexity index is 1170. The van der Waals surface area contributed by atoms with E-state index in [0.717, 1.165) is 28.4 Å². The molecule has 8 heteroatoms. The van der Waals surface area contributed by atoms with E-state index in [1.165, 1.54) is 11.2 Å². The number of hydrogen-bond acceptors (Lipinski definition) is 6. The third kappa shape index (κ3) is 4.41. The van der Waals surface area contributed by atoms with E-state index in [0.29, 0.717) is 22.1 Å². The van der Waals surface area contributed by atoms with E-state index in [-0.39, 0.29) is 5.91 Å². The molecule has 0 saturated heterocycles. The second-order valence-corrected chi connectivity index (χ2v) is 6.89. The number of nitrogens with zero attached hydrogens (tertiary/aromatic N) is 5. The van der Waals surface area contributed by atoms with Gasteiger partial charge in [-0.15, -0.1) is 0 Å². The van der Waals surface area contributed by atoms with Crippen LogP contribution in [0.2, 0.25) is 5.02 Å². The predicted octanol–water partition coefficient (Wildman–Crippen LogP) is 3.76. The highest BCUT2D eigenvalue weighted by Crippen LogP contribution is 2.27. The molecule has 0 spiro atoms. The lowest BCUT2D eigenvalue weighted by atomic mass is 10.1. The lowest BCUT2D eigenvalue weighted by molar-refractivity contribution is 0.0824. The molecule has 0 bridgehead atoms. The van der Waals surface area contributed by atoms with Gasteiger partial charge in [0.05, 0.1) is 10.5 Å². The average molecular weight is 409 g/mol. The van der Waals surface area contributed by atoms with E-state index >= 15 is 0 Å². The Balaban J connectivity index is 0.000000186.